The van der Waals surface area contributed by atoms with E-state index in [4.69, 9.17) is 25.8 Å². The van der Waals surface area contributed by atoms with Crippen LogP contribution in [0.15, 0.2) is 85.5 Å². The zero-order valence-electron chi connectivity index (χ0n) is 24.3. The summed E-state index contributed by atoms with van der Waals surface area (Å²) in [6.45, 7) is 7.95. The van der Waals surface area contributed by atoms with Crippen molar-refractivity contribution in [2.75, 3.05) is 31.6 Å². The summed E-state index contributed by atoms with van der Waals surface area (Å²) in [5, 5.41) is 24.3. The lowest BCUT2D eigenvalue weighted by molar-refractivity contribution is -0.277. The van der Waals surface area contributed by atoms with Crippen molar-refractivity contribution in [2.45, 2.75) is 50.5 Å². The molecule has 0 aromatic heterocycles. The smallest absolute Gasteiger partial charge is 0.411 e. The van der Waals surface area contributed by atoms with Crippen LogP contribution in [0, 0.1) is 5.92 Å². The summed E-state index contributed by atoms with van der Waals surface area (Å²) in [5.74, 6) is 0.0360. The number of carbonyl (C=O) groups is 1. The number of hydrogen-bond acceptors (Lipinski definition) is 7. The van der Waals surface area contributed by atoms with Crippen molar-refractivity contribution in [1.29, 1.82) is 0 Å². The van der Waals surface area contributed by atoms with Crippen molar-refractivity contribution in [3.8, 4) is 0 Å². The summed E-state index contributed by atoms with van der Waals surface area (Å²) in [6.07, 6.45) is 1.18. The molecule has 2 saturated heterocycles. The van der Waals surface area contributed by atoms with Gasteiger partial charge in [-0.25, -0.2) is 4.79 Å². The van der Waals surface area contributed by atoms with Crippen LogP contribution < -0.4 is 5.32 Å². The molecule has 0 aliphatic carbocycles. The minimum atomic E-state index is -0.878. The zero-order valence-corrected chi connectivity index (χ0v) is 25.1. The van der Waals surface area contributed by atoms with Crippen LogP contribution in [-0.4, -0.2) is 53.6 Å². The number of nitrogens with one attached hydrogen (secondary N) is 1. The third-order valence-corrected chi connectivity index (χ3v) is 8.64. The molecule has 3 aromatic carbocycles. The number of rotatable bonds is 9. The van der Waals surface area contributed by atoms with E-state index in [2.05, 4.69) is 23.7 Å². The molecule has 4 atom stereocenters. The summed E-state index contributed by atoms with van der Waals surface area (Å²) in [7, 11) is 0. The maximum Gasteiger partial charge on any atom is 0.411 e. The Kier molecular flexibility index (Phi) is 10.2. The van der Waals surface area contributed by atoms with Gasteiger partial charge in [-0.15, -0.1) is 0 Å². The zero-order chi connectivity index (χ0) is 30.4. The number of halogens is 1. The Hall–Kier alpha value is -3.24. The predicted octanol–water partition coefficient (Wildman–Crippen LogP) is 6.34. The number of carbonyl (C=O) groups excluding carboxylic acids is 1. The highest BCUT2D eigenvalue weighted by Crippen LogP contribution is 2.42. The second kappa shape index (κ2) is 14.0. The van der Waals surface area contributed by atoms with Gasteiger partial charge >= 0.3 is 6.09 Å². The second-order valence-corrected chi connectivity index (χ2v) is 11.7. The van der Waals surface area contributed by atoms with Gasteiger partial charge in [0.1, 0.15) is 6.61 Å². The molecular weight excluding hydrogens is 568 g/mol. The van der Waals surface area contributed by atoms with Crippen molar-refractivity contribution in [3.05, 3.63) is 113 Å². The topological polar surface area (TPSA) is 100 Å². The summed E-state index contributed by atoms with van der Waals surface area (Å²) >= 11 is 6.06. The molecule has 5 rings (SSSR count). The number of likely N-dealkylation sites (tertiary alicyclic amines) is 1. The molecule has 0 saturated carbocycles. The van der Waals surface area contributed by atoms with Crippen LogP contribution in [0.3, 0.4) is 0 Å². The fourth-order valence-electron chi connectivity index (χ4n) is 5.75. The Morgan fingerprint density at radius 3 is 2.33 bits per heavy atom. The molecule has 2 aliphatic heterocycles. The number of piperidine rings is 1. The Bertz CT molecular complexity index is 1360. The first-order chi connectivity index (χ1) is 20.8. The minimum Gasteiger partial charge on any atom is -0.445 e. The summed E-state index contributed by atoms with van der Waals surface area (Å²) in [6, 6.07) is 22.6. The monoisotopic (exact) mass is 606 g/mol. The average Bonchev–Trinajstić information content (AvgIpc) is 3.03. The van der Waals surface area contributed by atoms with Crippen LogP contribution in [-0.2, 0) is 26.4 Å². The van der Waals surface area contributed by atoms with E-state index in [-0.39, 0.29) is 31.3 Å². The summed E-state index contributed by atoms with van der Waals surface area (Å²) in [4.78, 5) is 14.3. The quantitative estimate of drug-likeness (QED) is 0.244. The average molecular weight is 607 g/mol. The molecule has 0 bridgehead atoms. The molecule has 2 fully saturated rings. The molecule has 0 radical (unpaired) electrons. The van der Waals surface area contributed by atoms with Gasteiger partial charge in [0.15, 0.2) is 6.29 Å². The highest BCUT2D eigenvalue weighted by molar-refractivity contribution is 6.30. The number of ether oxygens (including phenoxy) is 3. The standard InChI is InChI=1S/C34H39ClN2O6/c1-3-20-41-33(39)36-29-14-8-26(9-15-29)32-42-30(23(2)31(43-32)25-6-4-24(22-38)5-7-25)21-37-18-16-34(40,17-19-37)27-10-12-28(35)13-11-27/h3-15,23,30-32,38,40H,1,16-22H2,2H3,(H,36,39)/t23-,30+,31+,32+/m1/s1. The van der Waals surface area contributed by atoms with E-state index in [1.165, 1.54) is 6.08 Å². The Morgan fingerprint density at radius 1 is 1.05 bits per heavy atom. The van der Waals surface area contributed by atoms with Crippen molar-refractivity contribution >= 4 is 23.4 Å². The van der Waals surface area contributed by atoms with Gasteiger partial charge in [0, 0.05) is 41.8 Å². The van der Waals surface area contributed by atoms with E-state index in [1.807, 2.05) is 60.7 Å². The maximum atomic E-state index is 11.9. The molecule has 3 aromatic rings. The number of benzene rings is 3. The van der Waals surface area contributed by atoms with Crippen LogP contribution >= 0.6 is 11.6 Å². The number of amides is 1. The van der Waals surface area contributed by atoms with Gasteiger partial charge in [0.05, 0.1) is 24.4 Å². The van der Waals surface area contributed by atoms with E-state index >= 15 is 0 Å². The van der Waals surface area contributed by atoms with Gasteiger partial charge in [0.25, 0.3) is 0 Å². The normalized spacial score (nSPS) is 23.8. The number of aliphatic hydroxyl groups excluding tert-OH is 1. The lowest BCUT2D eigenvalue weighted by Crippen LogP contribution is -2.49. The van der Waals surface area contributed by atoms with Crippen molar-refractivity contribution in [1.82, 2.24) is 4.90 Å². The maximum absolute atomic E-state index is 11.9. The van der Waals surface area contributed by atoms with Crippen molar-refractivity contribution in [2.24, 2.45) is 5.92 Å². The van der Waals surface area contributed by atoms with Gasteiger partial charge < -0.3 is 29.3 Å². The summed E-state index contributed by atoms with van der Waals surface area (Å²) in [5.41, 5.74) is 3.29. The van der Waals surface area contributed by atoms with E-state index in [0.29, 0.717) is 30.1 Å². The van der Waals surface area contributed by atoms with E-state index < -0.39 is 18.0 Å². The lowest BCUT2D eigenvalue weighted by atomic mass is 9.84. The second-order valence-electron chi connectivity index (χ2n) is 11.3. The number of hydrogen-bond donors (Lipinski definition) is 3. The van der Waals surface area contributed by atoms with Crippen LogP contribution in [0.4, 0.5) is 10.5 Å². The third-order valence-electron chi connectivity index (χ3n) is 8.39. The molecule has 3 N–H and O–H groups in total. The largest absolute Gasteiger partial charge is 0.445 e. The van der Waals surface area contributed by atoms with Gasteiger partial charge in [-0.2, -0.15) is 0 Å². The van der Waals surface area contributed by atoms with Gasteiger partial charge in [-0.05, 0) is 53.8 Å². The van der Waals surface area contributed by atoms with Crippen LogP contribution in [0.1, 0.15) is 54.4 Å². The Labute approximate surface area is 257 Å². The summed E-state index contributed by atoms with van der Waals surface area (Å²) < 4.78 is 18.2. The highest BCUT2D eigenvalue weighted by atomic mass is 35.5. The van der Waals surface area contributed by atoms with Crippen molar-refractivity contribution < 1.29 is 29.2 Å². The van der Waals surface area contributed by atoms with Crippen LogP contribution in [0.25, 0.3) is 0 Å². The molecule has 0 spiro atoms. The molecule has 43 heavy (non-hydrogen) atoms. The molecule has 2 heterocycles. The molecule has 8 nitrogen and oxygen atoms in total. The van der Waals surface area contributed by atoms with Gasteiger partial charge in [-0.1, -0.05) is 79.7 Å². The van der Waals surface area contributed by atoms with E-state index in [1.54, 1.807) is 12.1 Å². The molecular formula is C34H39ClN2O6. The fraction of sp³-hybridized carbons (Fsp3) is 0.382. The molecule has 0 unspecified atom stereocenters. The fourth-order valence-corrected chi connectivity index (χ4v) is 5.88. The number of anilines is 1. The molecule has 2 aliphatic rings. The number of nitrogens with zero attached hydrogens (tertiary/aromatic N) is 1. The van der Waals surface area contributed by atoms with Crippen molar-refractivity contribution in [3.63, 3.8) is 0 Å². The first-order valence-corrected chi connectivity index (χ1v) is 15.0. The Balaban J connectivity index is 1.30. The lowest BCUT2D eigenvalue weighted by Gasteiger charge is -2.45. The first kappa shape index (κ1) is 31.2. The SMILES string of the molecule is C=CCOC(=O)Nc1ccc([C@H]2O[C@@H](CN3CCC(O)(c4ccc(Cl)cc4)CC3)[C@@H](C)[C@@H](c3ccc(CO)cc3)O2)cc1. The number of aliphatic hydroxyl groups is 2. The first-order valence-electron chi connectivity index (χ1n) is 14.6. The highest BCUT2D eigenvalue weighted by Gasteiger charge is 2.41. The van der Waals surface area contributed by atoms with Gasteiger partial charge in [0.2, 0.25) is 0 Å². The molecule has 9 heteroatoms. The van der Waals surface area contributed by atoms with E-state index in [0.717, 1.165) is 35.3 Å². The third kappa shape index (κ3) is 7.65. The van der Waals surface area contributed by atoms with E-state index in [9.17, 15) is 15.0 Å². The molecule has 1 amide bonds. The molecule has 228 valence electrons. The van der Waals surface area contributed by atoms with Crippen LogP contribution in [0.5, 0.6) is 0 Å². The van der Waals surface area contributed by atoms with Crippen LogP contribution in [0.2, 0.25) is 5.02 Å². The Morgan fingerprint density at radius 2 is 1.70 bits per heavy atom. The minimum absolute atomic E-state index is 0.0193. The predicted molar refractivity (Wildman–Crippen MR) is 166 cm³/mol. The van der Waals surface area contributed by atoms with Gasteiger partial charge in [-0.3, -0.25) is 5.32 Å².